The summed E-state index contributed by atoms with van der Waals surface area (Å²) in [4.78, 5) is 12.0. The number of aliphatic hydroxyl groups excluding tert-OH is 1. The smallest absolute Gasteiger partial charge is 0.251 e. The number of nitrogens with one attached hydrogen (secondary N) is 1. The van der Waals surface area contributed by atoms with Crippen LogP contribution in [-0.2, 0) is 0 Å². The zero-order chi connectivity index (χ0) is 14.5. The van der Waals surface area contributed by atoms with Gasteiger partial charge in [-0.05, 0) is 54.8 Å². The standard InChI is InChI=1S/C16H19NO2S/c1-11-7-12(2)9-14(8-11)16(19)17-5-3-15(18)13-4-6-20-10-13/h4,6-10,15,18H,3,5H2,1-2H3,(H,17,19). The molecular formula is C16H19NO2S. The second-order valence-corrected chi connectivity index (χ2v) is 5.77. The first-order valence-corrected chi connectivity index (χ1v) is 7.57. The summed E-state index contributed by atoms with van der Waals surface area (Å²) in [5, 5.41) is 16.7. The summed E-state index contributed by atoms with van der Waals surface area (Å²) in [6, 6.07) is 7.69. The molecule has 2 aromatic rings. The number of hydrogen-bond donors (Lipinski definition) is 2. The lowest BCUT2D eigenvalue weighted by Crippen LogP contribution is -2.25. The van der Waals surface area contributed by atoms with Gasteiger partial charge in [-0.25, -0.2) is 0 Å². The molecule has 1 aromatic heterocycles. The van der Waals surface area contributed by atoms with Crippen LogP contribution >= 0.6 is 11.3 Å². The molecule has 3 nitrogen and oxygen atoms in total. The minimum atomic E-state index is -0.513. The fourth-order valence-electron chi connectivity index (χ4n) is 2.16. The van der Waals surface area contributed by atoms with Crippen molar-refractivity contribution in [3.63, 3.8) is 0 Å². The van der Waals surface area contributed by atoms with Crippen LogP contribution in [0.1, 0.15) is 39.6 Å². The summed E-state index contributed by atoms with van der Waals surface area (Å²) < 4.78 is 0. The fraction of sp³-hybridized carbons (Fsp3) is 0.312. The van der Waals surface area contributed by atoms with Crippen molar-refractivity contribution >= 4 is 17.2 Å². The van der Waals surface area contributed by atoms with Crippen molar-refractivity contribution in [2.75, 3.05) is 6.54 Å². The molecule has 1 unspecified atom stereocenters. The van der Waals surface area contributed by atoms with Gasteiger partial charge >= 0.3 is 0 Å². The predicted octanol–water partition coefficient (Wildman–Crippen LogP) is 3.22. The Balaban J connectivity index is 1.86. The van der Waals surface area contributed by atoms with Crippen molar-refractivity contribution in [2.24, 2.45) is 0 Å². The molecule has 0 aliphatic carbocycles. The maximum Gasteiger partial charge on any atom is 0.251 e. The quantitative estimate of drug-likeness (QED) is 0.888. The van der Waals surface area contributed by atoms with Gasteiger partial charge in [0, 0.05) is 12.1 Å². The fourth-order valence-corrected chi connectivity index (χ4v) is 2.87. The number of carbonyl (C=O) groups excluding carboxylic acids is 1. The van der Waals surface area contributed by atoms with Gasteiger partial charge in [-0.3, -0.25) is 4.79 Å². The zero-order valence-corrected chi connectivity index (χ0v) is 12.5. The molecule has 20 heavy (non-hydrogen) atoms. The molecule has 0 saturated carbocycles. The Labute approximate surface area is 123 Å². The molecule has 4 heteroatoms. The Kier molecular flexibility index (Phi) is 4.93. The molecule has 0 spiro atoms. The van der Waals surface area contributed by atoms with Crippen LogP contribution in [0.3, 0.4) is 0 Å². The Morgan fingerprint density at radius 3 is 2.60 bits per heavy atom. The van der Waals surface area contributed by atoms with Gasteiger partial charge in [0.05, 0.1) is 6.10 Å². The van der Waals surface area contributed by atoms with Crippen molar-refractivity contribution in [1.82, 2.24) is 5.32 Å². The lowest BCUT2D eigenvalue weighted by atomic mass is 10.1. The van der Waals surface area contributed by atoms with Crippen molar-refractivity contribution < 1.29 is 9.90 Å². The van der Waals surface area contributed by atoms with Crippen LogP contribution in [0.25, 0.3) is 0 Å². The average Bonchev–Trinajstić information content (AvgIpc) is 2.91. The number of hydrogen-bond acceptors (Lipinski definition) is 3. The molecular weight excluding hydrogens is 270 g/mol. The van der Waals surface area contributed by atoms with Crippen LogP contribution in [0.4, 0.5) is 0 Å². The third-order valence-electron chi connectivity index (χ3n) is 3.12. The minimum absolute atomic E-state index is 0.0886. The van der Waals surface area contributed by atoms with Crippen LogP contribution in [0, 0.1) is 13.8 Å². The lowest BCUT2D eigenvalue weighted by Gasteiger charge is -2.10. The van der Waals surface area contributed by atoms with Gasteiger partial charge in [-0.15, -0.1) is 0 Å². The molecule has 0 aliphatic rings. The summed E-state index contributed by atoms with van der Waals surface area (Å²) in [5.74, 6) is -0.0886. The second-order valence-electron chi connectivity index (χ2n) is 4.99. The summed E-state index contributed by atoms with van der Waals surface area (Å²) in [7, 11) is 0. The van der Waals surface area contributed by atoms with Crippen LogP contribution in [0.2, 0.25) is 0 Å². The number of thiophene rings is 1. The van der Waals surface area contributed by atoms with Crippen molar-refractivity contribution in [3.8, 4) is 0 Å². The maximum atomic E-state index is 12.0. The third-order valence-corrected chi connectivity index (χ3v) is 3.82. The predicted molar refractivity (Wildman–Crippen MR) is 82.1 cm³/mol. The van der Waals surface area contributed by atoms with Gasteiger partial charge in [0.15, 0.2) is 0 Å². The van der Waals surface area contributed by atoms with Crippen LogP contribution in [0.5, 0.6) is 0 Å². The van der Waals surface area contributed by atoms with E-state index in [1.54, 1.807) is 11.3 Å². The molecule has 1 aromatic carbocycles. The molecule has 0 bridgehead atoms. The van der Waals surface area contributed by atoms with E-state index in [9.17, 15) is 9.90 Å². The largest absolute Gasteiger partial charge is 0.388 e. The maximum absolute atomic E-state index is 12.0. The Morgan fingerprint density at radius 2 is 2.00 bits per heavy atom. The summed E-state index contributed by atoms with van der Waals surface area (Å²) in [6.45, 7) is 4.41. The number of rotatable bonds is 5. The highest BCUT2D eigenvalue weighted by molar-refractivity contribution is 7.07. The van der Waals surface area contributed by atoms with E-state index in [1.165, 1.54) is 0 Å². The van der Waals surface area contributed by atoms with Crippen molar-refractivity contribution in [1.29, 1.82) is 0 Å². The van der Waals surface area contributed by atoms with Gasteiger partial charge in [-0.1, -0.05) is 17.2 Å². The number of benzene rings is 1. The number of aliphatic hydroxyl groups is 1. The van der Waals surface area contributed by atoms with Gasteiger partial charge < -0.3 is 10.4 Å². The molecule has 1 heterocycles. The van der Waals surface area contributed by atoms with E-state index >= 15 is 0 Å². The first kappa shape index (κ1) is 14.8. The topological polar surface area (TPSA) is 49.3 Å². The van der Waals surface area contributed by atoms with E-state index in [0.717, 1.165) is 16.7 Å². The van der Waals surface area contributed by atoms with E-state index in [-0.39, 0.29) is 5.91 Å². The zero-order valence-electron chi connectivity index (χ0n) is 11.7. The number of amides is 1. The molecule has 0 radical (unpaired) electrons. The molecule has 0 aliphatic heterocycles. The summed E-state index contributed by atoms with van der Waals surface area (Å²) in [6.07, 6.45) is 0.00795. The second kappa shape index (κ2) is 6.68. The SMILES string of the molecule is Cc1cc(C)cc(C(=O)NCCC(O)c2ccsc2)c1. The van der Waals surface area contributed by atoms with Gasteiger partial charge in [0.2, 0.25) is 0 Å². The highest BCUT2D eigenvalue weighted by Gasteiger charge is 2.10. The summed E-state index contributed by atoms with van der Waals surface area (Å²) >= 11 is 1.56. The van der Waals surface area contributed by atoms with E-state index in [2.05, 4.69) is 5.32 Å². The number of aryl methyl sites for hydroxylation is 2. The first-order valence-electron chi connectivity index (χ1n) is 6.63. The molecule has 1 amide bonds. The highest BCUT2D eigenvalue weighted by atomic mass is 32.1. The Bertz CT molecular complexity index is 558. The third kappa shape index (κ3) is 3.92. The van der Waals surface area contributed by atoms with Crippen molar-refractivity contribution in [3.05, 3.63) is 57.3 Å². The number of carbonyl (C=O) groups is 1. The molecule has 2 N–H and O–H groups in total. The highest BCUT2D eigenvalue weighted by Crippen LogP contribution is 2.18. The molecule has 0 fully saturated rings. The van der Waals surface area contributed by atoms with E-state index in [1.807, 2.05) is 48.9 Å². The van der Waals surface area contributed by atoms with Gasteiger partial charge in [0.1, 0.15) is 0 Å². The van der Waals surface area contributed by atoms with E-state index in [0.29, 0.717) is 18.5 Å². The van der Waals surface area contributed by atoms with Gasteiger partial charge in [0.25, 0.3) is 5.91 Å². The normalized spacial score (nSPS) is 12.2. The van der Waals surface area contributed by atoms with Crippen molar-refractivity contribution in [2.45, 2.75) is 26.4 Å². The first-order chi connectivity index (χ1) is 9.56. The van der Waals surface area contributed by atoms with Crippen LogP contribution < -0.4 is 5.32 Å². The van der Waals surface area contributed by atoms with E-state index in [4.69, 9.17) is 0 Å². The monoisotopic (exact) mass is 289 g/mol. The average molecular weight is 289 g/mol. The molecule has 2 rings (SSSR count). The van der Waals surface area contributed by atoms with E-state index < -0.39 is 6.10 Å². The molecule has 106 valence electrons. The minimum Gasteiger partial charge on any atom is -0.388 e. The Morgan fingerprint density at radius 1 is 1.30 bits per heavy atom. The van der Waals surface area contributed by atoms with Gasteiger partial charge in [-0.2, -0.15) is 11.3 Å². The van der Waals surface area contributed by atoms with Crippen LogP contribution in [-0.4, -0.2) is 17.6 Å². The van der Waals surface area contributed by atoms with Crippen LogP contribution in [0.15, 0.2) is 35.0 Å². The Hall–Kier alpha value is -1.65. The molecule has 1 atom stereocenters. The lowest BCUT2D eigenvalue weighted by molar-refractivity contribution is 0.0942. The summed E-state index contributed by atoms with van der Waals surface area (Å²) in [5.41, 5.74) is 3.74. The molecule has 0 saturated heterocycles.